The van der Waals surface area contributed by atoms with Gasteiger partial charge in [-0.3, -0.25) is 4.79 Å². The average Bonchev–Trinajstić information content (AvgIpc) is 3.29. The topological polar surface area (TPSA) is 23.6 Å². The molecule has 2 aromatic rings. The molecule has 0 radical (unpaired) electrons. The predicted molar refractivity (Wildman–Crippen MR) is 108 cm³/mol. The van der Waals surface area contributed by atoms with Crippen molar-refractivity contribution >= 4 is 40.4 Å². The zero-order chi connectivity index (χ0) is 18.1. The van der Waals surface area contributed by atoms with Crippen LogP contribution in [0.15, 0.2) is 29.6 Å². The Bertz CT molecular complexity index is 801. The number of rotatable bonds is 4. The van der Waals surface area contributed by atoms with E-state index in [9.17, 15) is 4.79 Å². The van der Waals surface area contributed by atoms with Gasteiger partial charge in [-0.15, -0.1) is 11.3 Å². The summed E-state index contributed by atoms with van der Waals surface area (Å²) in [6.07, 6.45) is 3.85. The molecule has 0 N–H and O–H groups in total. The van der Waals surface area contributed by atoms with E-state index in [0.29, 0.717) is 16.5 Å². The Balaban J connectivity index is 1.54. The molecule has 1 atom stereocenters. The van der Waals surface area contributed by atoms with Crippen LogP contribution >= 0.6 is 34.5 Å². The predicted octanol–water partition coefficient (Wildman–Crippen LogP) is 4.82. The first-order valence-corrected chi connectivity index (χ1v) is 10.8. The third-order valence-corrected chi connectivity index (χ3v) is 7.17. The van der Waals surface area contributed by atoms with Crippen molar-refractivity contribution in [3.05, 3.63) is 55.7 Å². The van der Waals surface area contributed by atoms with Crippen molar-refractivity contribution in [2.45, 2.75) is 31.7 Å². The van der Waals surface area contributed by atoms with Gasteiger partial charge in [-0.2, -0.15) is 0 Å². The number of fused-ring (bicyclic) bond motifs is 1. The molecule has 26 heavy (non-hydrogen) atoms. The summed E-state index contributed by atoms with van der Waals surface area (Å²) in [5.74, 6) is 0.173. The van der Waals surface area contributed by atoms with Crippen molar-refractivity contribution < 1.29 is 4.79 Å². The third kappa shape index (κ3) is 3.79. The number of nitrogens with zero attached hydrogens (tertiary/aromatic N) is 2. The minimum Gasteiger partial charge on any atom is -0.333 e. The molecule has 4 rings (SSSR count). The maximum absolute atomic E-state index is 13.1. The van der Waals surface area contributed by atoms with E-state index >= 15 is 0 Å². The maximum Gasteiger partial charge on any atom is 0.227 e. The van der Waals surface area contributed by atoms with Gasteiger partial charge >= 0.3 is 0 Å². The summed E-state index contributed by atoms with van der Waals surface area (Å²) >= 11 is 13.9. The summed E-state index contributed by atoms with van der Waals surface area (Å²) in [4.78, 5) is 19.1. The molecular formula is C20H22Cl2N2OS. The Labute approximate surface area is 168 Å². The largest absolute Gasteiger partial charge is 0.333 e. The van der Waals surface area contributed by atoms with E-state index in [0.717, 1.165) is 38.2 Å². The Morgan fingerprint density at radius 1 is 1.12 bits per heavy atom. The van der Waals surface area contributed by atoms with E-state index < -0.39 is 0 Å². The van der Waals surface area contributed by atoms with Crippen molar-refractivity contribution in [3.63, 3.8) is 0 Å². The minimum atomic E-state index is 0.173. The summed E-state index contributed by atoms with van der Waals surface area (Å²) in [5.41, 5.74) is 2.33. The molecule has 138 valence electrons. The summed E-state index contributed by atoms with van der Waals surface area (Å²) in [6, 6.07) is 7.85. The molecule has 2 aliphatic heterocycles. The third-order valence-electron chi connectivity index (χ3n) is 5.37. The van der Waals surface area contributed by atoms with Crippen molar-refractivity contribution in [1.82, 2.24) is 9.80 Å². The molecule has 1 saturated heterocycles. The van der Waals surface area contributed by atoms with Gasteiger partial charge in [-0.05, 0) is 67.1 Å². The molecule has 2 aliphatic rings. The number of benzene rings is 1. The number of likely N-dealkylation sites (tertiary alicyclic amines) is 1. The van der Waals surface area contributed by atoms with Crippen LogP contribution in [0.4, 0.5) is 0 Å². The van der Waals surface area contributed by atoms with E-state index in [2.05, 4.69) is 21.2 Å². The summed E-state index contributed by atoms with van der Waals surface area (Å²) < 4.78 is 0. The molecule has 1 amide bonds. The fraction of sp³-hybridized carbons (Fsp3) is 0.450. The molecule has 0 unspecified atom stereocenters. The molecule has 1 aromatic heterocycles. The number of halogens is 2. The van der Waals surface area contributed by atoms with Gasteiger partial charge in [0.25, 0.3) is 0 Å². The lowest BCUT2D eigenvalue weighted by atomic mass is 9.99. The van der Waals surface area contributed by atoms with Crippen LogP contribution in [-0.2, 0) is 17.6 Å². The molecule has 0 bridgehead atoms. The first kappa shape index (κ1) is 18.3. The number of carbonyl (C=O) groups is 1. The first-order chi connectivity index (χ1) is 12.6. The second-order valence-corrected chi connectivity index (χ2v) is 8.86. The van der Waals surface area contributed by atoms with Gasteiger partial charge in [0.15, 0.2) is 0 Å². The highest BCUT2D eigenvalue weighted by atomic mass is 35.5. The smallest absolute Gasteiger partial charge is 0.227 e. The molecule has 3 nitrogen and oxygen atoms in total. The molecule has 1 aromatic carbocycles. The average molecular weight is 409 g/mol. The number of hydrogen-bond donors (Lipinski definition) is 0. The minimum absolute atomic E-state index is 0.173. The van der Waals surface area contributed by atoms with Crippen molar-refractivity contribution in [3.8, 4) is 0 Å². The van der Waals surface area contributed by atoms with E-state index in [1.807, 2.05) is 6.07 Å². The Hall–Kier alpha value is -1.07. The van der Waals surface area contributed by atoms with Crippen molar-refractivity contribution in [2.24, 2.45) is 0 Å². The standard InChI is InChI=1S/C20H22Cl2N2OS/c21-16-4-3-14(11-17(16)22)12-19(25)24-9-5-15-6-10-26-20(15)18(24)13-23-7-1-2-8-23/h3-4,6,10-11,18H,1-2,5,7-9,12-13H2/t18-/m0/s1. The lowest BCUT2D eigenvalue weighted by molar-refractivity contribution is -0.133. The SMILES string of the molecule is O=C(Cc1ccc(Cl)c(Cl)c1)N1CCc2ccsc2[C@@H]1CN1CCCC1. The number of thiophene rings is 1. The zero-order valence-electron chi connectivity index (χ0n) is 14.6. The summed E-state index contributed by atoms with van der Waals surface area (Å²) in [7, 11) is 0. The van der Waals surface area contributed by atoms with Crippen LogP contribution in [0.2, 0.25) is 10.0 Å². The highest BCUT2D eigenvalue weighted by Crippen LogP contribution is 2.35. The van der Waals surface area contributed by atoms with E-state index in [4.69, 9.17) is 23.2 Å². The van der Waals surface area contributed by atoms with Gasteiger partial charge in [0.1, 0.15) is 0 Å². The molecule has 6 heteroatoms. The highest BCUT2D eigenvalue weighted by Gasteiger charge is 2.33. The number of hydrogen-bond acceptors (Lipinski definition) is 3. The number of amides is 1. The van der Waals surface area contributed by atoms with Gasteiger partial charge < -0.3 is 9.80 Å². The maximum atomic E-state index is 13.1. The molecule has 0 spiro atoms. The van der Waals surface area contributed by atoms with Crippen molar-refractivity contribution in [1.29, 1.82) is 0 Å². The van der Waals surface area contributed by atoms with Crippen LogP contribution in [0.3, 0.4) is 0 Å². The molecule has 0 aliphatic carbocycles. The van der Waals surface area contributed by atoms with Crippen LogP contribution in [0.5, 0.6) is 0 Å². The van der Waals surface area contributed by atoms with Crippen LogP contribution in [-0.4, -0.2) is 41.9 Å². The molecule has 0 saturated carbocycles. The van der Waals surface area contributed by atoms with Gasteiger partial charge in [-0.25, -0.2) is 0 Å². The number of carbonyl (C=O) groups excluding carboxylic acids is 1. The fourth-order valence-electron chi connectivity index (χ4n) is 4.00. The second-order valence-electron chi connectivity index (χ2n) is 7.10. The zero-order valence-corrected chi connectivity index (χ0v) is 16.9. The molecule has 1 fully saturated rings. The van der Waals surface area contributed by atoms with Gasteiger partial charge in [-0.1, -0.05) is 29.3 Å². The van der Waals surface area contributed by atoms with E-state index in [1.165, 1.54) is 23.3 Å². The van der Waals surface area contributed by atoms with Crippen LogP contribution in [0, 0.1) is 0 Å². The highest BCUT2D eigenvalue weighted by molar-refractivity contribution is 7.10. The van der Waals surface area contributed by atoms with Crippen molar-refractivity contribution in [2.75, 3.05) is 26.2 Å². The fourth-order valence-corrected chi connectivity index (χ4v) is 5.38. The van der Waals surface area contributed by atoms with Crippen LogP contribution in [0.1, 0.15) is 34.9 Å². The molecule has 3 heterocycles. The van der Waals surface area contributed by atoms with Gasteiger partial charge in [0, 0.05) is 18.0 Å². The lowest BCUT2D eigenvalue weighted by Crippen LogP contribution is -2.44. The Morgan fingerprint density at radius 3 is 2.69 bits per heavy atom. The normalized spacial score (nSPS) is 20.4. The van der Waals surface area contributed by atoms with Gasteiger partial charge in [0.2, 0.25) is 5.91 Å². The van der Waals surface area contributed by atoms with Crippen LogP contribution < -0.4 is 0 Å². The van der Waals surface area contributed by atoms with E-state index in [1.54, 1.807) is 23.5 Å². The summed E-state index contributed by atoms with van der Waals surface area (Å²) in [6.45, 7) is 4.03. The van der Waals surface area contributed by atoms with Gasteiger partial charge in [0.05, 0.1) is 22.5 Å². The Kier molecular flexibility index (Phi) is 5.55. The second kappa shape index (κ2) is 7.89. The Morgan fingerprint density at radius 2 is 1.92 bits per heavy atom. The lowest BCUT2D eigenvalue weighted by Gasteiger charge is -2.38. The monoisotopic (exact) mass is 408 g/mol. The quantitative estimate of drug-likeness (QED) is 0.723. The summed E-state index contributed by atoms with van der Waals surface area (Å²) in [5, 5.41) is 3.19. The van der Waals surface area contributed by atoms with E-state index in [-0.39, 0.29) is 11.9 Å². The van der Waals surface area contributed by atoms with Crippen LogP contribution in [0.25, 0.3) is 0 Å². The molecular weight excluding hydrogens is 387 g/mol. The first-order valence-electron chi connectivity index (χ1n) is 9.14.